The zero-order valence-corrected chi connectivity index (χ0v) is 16.0. The highest BCUT2D eigenvalue weighted by atomic mass is 19.4. The molecule has 28 heavy (non-hydrogen) atoms. The van der Waals surface area contributed by atoms with Gasteiger partial charge in [-0.1, -0.05) is 38.1 Å². The minimum absolute atomic E-state index is 0.281. The summed E-state index contributed by atoms with van der Waals surface area (Å²) in [7, 11) is 0. The Bertz CT molecular complexity index is 819. The summed E-state index contributed by atoms with van der Waals surface area (Å²) in [6.45, 7) is 5.47. The van der Waals surface area contributed by atoms with Gasteiger partial charge in [0.25, 0.3) is 5.91 Å². The first-order valence-electron chi connectivity index (χ1n) is 8.93. The number of aryl methyl sites for hydroxylation is 1. The number of hydrogen-bond acceptors (Lipinski definition) is 3. The number of carbonyl (C=O) groups is 1. The standard InChI is InChI=1S/C21H24F3NO3/c1-13(2)16-9-8-15(10-14(16)3)28-12-20(27)25-11-19(26)17-6-4-5-7-18(17)21(22,23)24/h4-10,13,19,26H,11-12H2,1-3H3,(H,25,27). The molecule has 0 aliphatic rings. The lowest BCUT2D eigenvalue weighted by molar-refractivity contribution is -0.139. The van der Waals surface area contributed by atoms with Crippen LogP contribution in [0.15, 0.2) is 42.5 Å². The van der Waals surface area contributed by atoms with Crippen LogP contribution in [0.2, 0.25) is 0 Å². The Morgan fingerprint density at radius 2 is 1.82 bits per heavy atom. The lowest BCUT2D eigenvalue weighted by Crippen LogP contribution is -2.33. The summed E-state index contributed by atoms with van der Waals surface area (Å²) in [6, 6.07) is 10.3. The summed E-state index contributed by atoms with van der Waals surface area (Å²) < 4.78 is 44.5. The highest BCUT2D eigenvalue weighted by Crippen LogP contribution is 2.34. The zero-order chi connectivity index (χ0) is 20.9. The minimum Gasteiger partial charge on any atom is -0.484 e. The molecule has 0 saturated heterocycles. The molecule has 1 unspecified atom stereocenters. The van der Waals surface area contributed by atoms with E-state index in [0.717, 1.165) is 11.6 Å². The Balaban J connectivity index is 1.90. The maximum absolute atomic E-state index is 13.0. The fourth-order valence-corrected chi connectivity index (χ4v) is 2.95. The van der Waals surface area contributed by atoms with E-state index in [1.165, 1.54) is 23.8 Å². The van der Waals surface area contributed by atoms with E-state index in [0.29, 0.717) is 11.7 Å². The van der Waals surface area contributed by atoms with Gasteiger partial charge in [-0.05, 0) is 47.7 Å². The summed E-state index contributed by atoms with van der Waals surface area (Å²) in [5.74, 6) is 0.368. The molecule has 4 nitrogen and oxygen atoms in total. The topological polar surface area (TPSA) is 58.6 Å². The van der Waals surface area contributed by atoms with Crippen LogP contribution in [0, 0.1) is 6.92 Å². The highest BCUT2D eigenvalue weighted by molar-refractivity contribution is 5.77. The van der Waals surface area contributed by atoms with Crippen molar-refractivity contribution in [1.82, 2.24) is 5.32 Å². The van der Waals surface area contributed by atoms with Gasteiger partial charge in [-0.15, -0.1) is 0 Å². The molecular formula is C21H24F3NO3. The fourth-order valence-electron chi connectivity index (χ4n) is 2.95. The molecule has 0 aliphatic carbocycles. The molecule has 2 aromatic rings. The Morgan fingerprint density at radius 3 is 2.43 bits per heavy atom. The van der Waals surface area contributed by atoms with Crippen LogP contribution in [-0.2, 0) is 11.0 Å². The third kappa shape index (κ3) is 5.73. The third-order valence-corrected chi connectivity index (χ3v) is 4.35. The number of nitrogens with one attached hydrogen (secondary N) is 1. The number of alkyl halides is 3. The van der Waals surface area contributed by atoms with Gasteiger partial charge < -0.3 is 15.2 Å². The predicted molar refractivity (Wildman–Crippen MR) is 100 cm³/mol. The first-order valence-corrected chi connectivity index (χ1v) is 8.93. The van der Waals surface area contributed by atoms with Crippen molar-refractivity contribution in [1.29, 1.82) is 0 Å². The van der Waals surface area contributed by atoms with E-state index >= 15 is 0 Å². The predicted octanol–water partition coefficient (Wildman–Crippen LogP) is 4.37. The molecule has 0 radical (unpaired) electrons. The van der Waals surface area contributed by atoms with E-state index in [2.05, 4.69) is 19.2 Å². The molecular weight excluding hydrogens is 371 g/mol. The molecule has 1 atom stereocenters. The van der Waals surface area contributed by atoms with Crippen molar-refractivity contribution in [3.05, 3.63) is 64.7 Å². The minimum atomic E-state index is -4.58. The number of hydrogen-bond donors (Lipinski definition) is 2. The smallest absolute Gasteiger partial charge is 0.416 e. The van der Waals surface area contributed by atoms with E-state index in [9.17, 15) is 23.1 Å². The third-order valence-electron chi connectivity index (χ3n) is 4.35. The summed E-state index contributed by atoms with van der Waals surface area (Å²) >= 11 is 0. The summed E-state index contributed by atoms with van der Waals surface area (Å²) in [4.78, 5) is 11.9. The fraction of sp³-hybridized carbons (Fsp3) is 0.381. The van der Waals surface area contributed by atoms with E-state index in [4.69, 9.17) is 4.74 Å². The molecule has 0 heterocycles. The number of carbonyl (C=O) groups excluding carboxylic acids is 1. The number of halogens is 3. The van der Waals surface area contributed by atoms with Crippen LogP contribution in [0.25, 0.3) is 0 Å². The lowest BCUT2D eigenvalue weighted by Gasteiger charge is -2.18. The van der Waals surface area contributed by atoms with Gasteiger partial charge in [-0.25, -0.2) is 0 Å². The van der Waals surface area contributed by atoms with Crippen molar-refractivity contribution >= 4 is 5.91 Å². The van der Waals surface area contributed by atoms with Crippen molar-refractivity contribution in [2.24, 2.45) is 0 Å². The van der Waals surface area contributed by atoms with E-state index in [-0.39, 0.29) is 18.7 Å². The van der Waals surface area contributed by atoms with Gasteiger partial charge in [0, 0.05) is 6.54 Å². The van der Waals surface area contributed by atoms with Crippen LogP contribution in [0.5, 0.6) is 5.75 Å². The van der Waals surface area contributed by atoms with Crippen LogP contribution in [-0.4, -0.2) is 24.2 Å². The number of amides is 1. The molecule has 2 aromatic carbocycles. The van der Waals surface area contributed by atoms with Gasteiger partial charge >= 0.3 is 6.18 Å². The average Bonchev–Trinajstić information content (AvgIpc) is 2.63. The van der Waals surface area contributed by atoms with Gasteiger partial charge in [-0.3, -0.25) is 4.79 Å². The second kappa shape index (κ2) is 9.10. The number of rotatable bonds is 7. The molecule has 0 fully saturated rings. The lowest BCUT2D eigenvalue weighted by atomic mass is 9.98. The first-order chi connectivity index (χ1) is 13.1. The van der Waals surface area contributed by atoms with Crippen molar-refractivity contribution in [2.45, 2.75) is 39.0 Å². The largest absolute Gasteiger partial charge is 0.484 e. The number of aliphatic hydroxyl groups excluding tert-OH is 1. The zero-order valence-electron chi connectivity index (χ0n) is 16.0. The number of ether oxygens (including phenoxy) is 1. The Kier molecular flexibility index (Phi) is 7.07. The van der Waals surface area contributed by atoms with Gasteiger partial charge in [0.15, 0.2) is 6.61 Å². The van der Waals surface area contributed by atoms with Crippen LogP contribution in [0.3, 0.4) is 0 Å². The van der Waals surface area contributed by atoms with Crippen LogP contribution >= 0.6 is 0 Å². The Labute approximate surface area is 162 Å². The van der Waals surface area contributed by atoms with Crippen LogP contribution < -0.4 is 10.1 Å². The molecule has 1 amide bonds. The van der Waals surface area contributed by atoms with Crippen molar-refractivity contribution in [2.75, 3.05) is 13.2 Å². The van der Waals surface area contributed by atoms with E-state index in [1.54, 1.807) is 6.07 Å². The summed E-state index contributed by atoms with van der Waals surface area (Å²) in [6.07, 6.45) is -6.06. The van der Waals surface area contributed by atoms with Crippen molar-refractivity contribution < 1.29 is 27.8 Å². The molecule has 7 heteroatoms. The van der Waals surface area contributed by atoms with E-state index in [1.807, 2.05) is 19.1 Å². The van der Waals surface area contributed by atoms with Gasteiger partial charge in [-0.2, -0.15) is 13.2 Å². The number of benzene rings is 2. The van der Waals surface area contributed by atoms with Crippen molar-refractivity contribution in [3.8, 4) is 5.75 Å². The number of aliphatic hydroxyl groups is 1. The second-order valence-electron chi connectivity index (χ2n) is 6.87. The quantitative estimate of drug-likeness (QED) is 0.732. The molecule has 2 N–H and O–H groups in total. The van der Waals surface area contributed by atoms with Crippen LogP contribution in [0.1, 0.15) is 48.1 Å². The average molecular weight is 395 g/mol. The summed E-state index contributed by atoms with van der Waals surface area (Å²) in [5.41, 5.74) is 1.03. The van der Waals surface area contributed by atoms with Gasteiger partial charge in [0.1, 0.15) is 5.75 Å². The molecule has 0 aromatic heterocycles. The second-order valence-corrected chi connectivity index (χ2v) is 6.87. The van der Waals surface area contributed by atoms with Gasteiger partial charge in [0.05, 0.1) is 11.7 Å². The van der Waals surface area contributed by atoms with E-state index < -0.39 is 23.8 Å². The highest BCUT2D eigenvalue weighted by Gasteiger charge is 2.34. The first kappa shape index (κ1) is 21.8. The maximum atomic E-state index is 13.0. The van der Waals surface area contributed by atoms with Crippen molar-refractivity contribution in [3.63, 3.8) is 0 Å². The monoisotopic (exact) mass is 395 g/mol. The Hall–Kier alpha value is -2.54. The Morgan fingerprint density at radius 1 is 1.14 bits per heavy atom. The molecule has 152 valence electrons. The summed E-state index contributed by atoms with van der Waals surface area (Å²) in [5, 5.41) is 12.5. The van der Waals surface area contributed by atoms with Crippen LogP contribution in [0.4, 0.5) is 13.2 Å². The normalized spacial score (nSPS) is 12.7. The molecule has 0 saturated carbocycles. The molecule has 0 aliphatic heterocycles. The molecule has 0 spiro atoms. The van der Waals surface area contributed by atoms with Gasteiger partial charge in [0.2, 0.25) is 0 Å². The maximum Gasteiger partial charge on any atom is 0.416 e. The molecule has 0 bridgehead atoms. The SMILES string of the molecule is Cc1cc(OCC(=O)NCC(O)c2ccccc2C(F)(F)F)ccc1C(C)C. The molecule has 2 rings (SSSR count).